The van der Waals surface area contributed by atoms with Gasteiger partial charge in [-0.1, -0.05) is 32.9 Å². The number of nitriles is 1. The van der Waals surface area contributed by atoms with E-state index in [1.807, 2.05) is 18.2 Å². The summed E-state index contributed by atoms with van der Waals surface area (Å²) < 4.78 is 27.8. The van der Waals surface area contributed by atoms with Crippen LogP contribution in [0.1, 0.15) is 45.6 Å². The summed E-state index contributed by atoms with van der Waals surface area (Å²) >= 11 is 0. The van der Waals surface area contributed by atoms with E-state index < -0.39 is 10.0 Å². The molecule has 1 amide bonds. The lowest BCUT2D eigenvalue weighted by molar-refractivity contribution is -0.131. The Morgan fingerprint density at radius 2 is 1.80 bits per heavy atom. The summed E-state index contributed by atoms with van der Waals surface area (Å²) in [7, 11) is -3.58. The van der Waals surface area contributed by atoms with Crippen LogP contribution in [0, 0.1) is 11.3 Å². The van der Waals surface area contributed by atoms with E-state index in [0.29, 0.717) is 25.9 Å². The van der Waals surface area contributed by atoms with Crippen molar-refractivity contribution < 1.29 is 13.2 Å². The fourth-order valence-electron chi connectivity index (χ4n) is 2.85. The highest BCUT2D eigenvalue weighted by atomic mass is 32.2. The Kier molecular flexibility index (Phi) is 5.86. The Morgan fingerprint density at radius 3 is 2.28 bits per heavy atom. The second-order valence-electron chi connectivity index (χ2n) is 7.39. The van der Waals surface area contributed by atoms with Gasteiger partial charge in [-0.2, -0.15) is 5.26 Å². The molecule has 0 radical (unpaired) electrons. The van der Waals surface area contributed by atoms with Gasteiger partial charge < -0.3 is 4.90 Å². The molecule has 2 rings (SSSR count). The van der Waals surface area contributed by atoms with Crippen molar-refractivity contribution in [3.8, 4) is 6.07 Å². The molecule has 1 aliphatic heterocycles. The van der Waals surface area contributed by atoms with E-state index in [1.54, 1.807) is 17.0 Å². The number of rotatable bonds is 4. The van der Waals surface area contributed by atoms with Crippen LogP contribution in [0.4, 0.5) is 0 Å². The molecule has 25 heavy (non-hydrogen) atoms. The molecule has 6 nitrogen and oxygen atoms in total. The Morgan fingerprint density at radius 1 is 1.24 bits per heavy atom. The average molecular weight is 363 g/mol. The van der Waals surface area contributed by atoms with Crippen LogP contribution in [-0.4, -0.2) is 38.4 Å². The molecule has 0 saturated carbocycles. The Labute approximate surface area is 149 Å². The quantitative estimate of drug-likeness (QED) is 0.887. The lowest BCUT2D eigenvalue weighted by Crippen LogP contribution is -2.46. The van der Waals surface area contributed by atoms with Crippen molar-refractivity contribution in [2.75, 3.05) is 13.1 Å². The van der Waals surface area contributed by atoms with Crippen molar-refractivity contribution in [2.45, 2.75) is 56.4 Å². The van der Waals surface area contributed by atoms with E-state index in [9.17, 15) is 13.2 Å². The van der Waals surface area contributed by atoms with Crippen LogP contribution in [0.15, 0.2) is 29.2 Å². The van der Waals surface area contributed by atoms with E-state index in [4.69, 9.17) is 5.26 Å². The summed E-state index contributed by atoms with van der Waals surface area (Å²) in [6, 6.07) is 8.61. The molecule has 0 atom stereocenters. The largest absolute Gasteiger partial charge is 0.342 e. The van der Waals surface area contributed by atoms with Crippen molar-refractivity contribution >= 4 is 15.9 Å². The van der Waals surface area contributed by atoms with Gasteiger partial charge >= 0.3 is 0 Å². The number of nitrogens with one attached hydrogen (secondary N) is 1. The van der Waals surface area contributed by atoms with Crippen molar-refractivity contribution in [1.82, 2.24) is 9.62 Å². The second kappa shape index (κ2) is 7.54. The zero-order valence-electron chi connectivity index (χ0n) is 14.9. The van der Waals surface area contributed by atoms with E-state index >= 15 is 0 Å². The first kappa shape index (κ1) is 19.4. The molecule has 0 spiro atoms. The van der Waals surface area contributed by atoms with Crippen LogP contribution in [-0.2, 0) is 20.2 Å². The summed E-state index contributed by atoms with van der Waals surface area (Å²) in [6.07, 6.45) is 0.976. The van der Waals surface area contributed by atoms with Crippen LogP contribution in [0.2, 0.25) is 0 Å². The summed E-state index contributed by atoms with van der Waals surface area (Å²) in [5.74, 6) is -0.193. The predicted octanol–water partition coefficient (Wildman–Crippen LogP) is 2.17. The number of hydrogen-bond donors (Lipinski definition) is 1. The zero-order chi connectivity index (χ0) is 18.7. The normalized spacial score (nSPS) is 16.5. The molecule has 1 fully saturated rings. The van der Waals surface area contributed by atoms with E-state index in [0.717, 1.165) is 5.56 Å². The number of piperidine rings is 1. The number of nitrogens with zero attached hydrogens (tertiary/aromatic N) is 2. The maximum atomic E-state index is 12.5. The Hall–Kier alpha value is -1.91. The van der Waals surface area contributed by atoms with Crippen LogP contribution >= 0.6 is 0 Å². The van der Waals surface area contributed by atoms with E-state index in [2.05, 4.69) is 25.5 Å². The highest BCUT2D eigenvalue weighted by Gasteiger charge is 2.26. The average Bonchev–Trinajstić information content (AvgIpc) is 2.55. The fourth-order valence-corrected chi connectivity index (χ4v) is 4.15. The SMILES string of the molecule is CC(C)(C)c1ccc(S(=O)(=O)NC2CCN(C(=O)CC#N)CC2)cc1. The number of amides is 1. The van der Waals surface area contributed by atoms with Crippen LogP contribution < -0.4 is 4.72 Å². The van der Waals surface area contributed by atoms with Gasteiger partial charge in [0.05, 0.1) is 11.0 Å². The monoisotopic (exact) mass is 363 g/mol. The summed E-state index contributed by atoms with van der Waals surface area (Å²) in [6.45, 7) is 7.18. The van der Waals surface area contributed by atoms with Crippen molar-refractivity contribution in [2.24, 2.45) is 0 Å². The van der Waals surface area contributed by atoms with Crippen LogP contribution in [0.5, 0.6) is 0 Å². The Bertz CT molecular complexity index is 750. The van der Waals surface area contributed by atoms with E-state index in [1.165, 1.54) is 0 Å². The van der Waals surface area contributed by atoms with Crippen LogP contribution in [0.25, 0.3) is 0 Å². The summed E-state index contributed by atoms with van der Waals surface area (Å²) in [5.41, 5.74) is 1.05. The third-order valence-corrected chi connectivity index (χ3v) is 5.97. The van der Waals surface area contributed by atoms with Gasteiger partial charge in [-0.3, -0.25) is 4.79 Å². The number of benzene rings is 1. The molecule has 0 bridgehead atoms. The molecular weight excluding hydrogens is 338 g/mol. The molecule has 0 aromatic heterocycles. The summed E-state index contributed by atoms with van der Waals surface area (Å²) in [4.78, 5) is 13.6. The van der Waals surface area contributed by atoms with Crippen LogP contribution in [0.3, 0.4) is 0 Å². The maximum Gasteiger partial charge on any atom is 0.240 e. The first-order valence-corrected chi connectivity index (χ1v) is 9.89. The fraction of sp³-hybridized carbons (Fsp3) is 0.556. The molecule has 1 aromatic rings. The number of carbonyl (C=O) groups excluding carboxylic acids is 1. The third kappa shape index (κ3) is 5.03. The molecule has 1 aromatic carbocycles. The second-order valence-corrected chi connectivity index (χ2v) is 9.10. The topological polar surface area (TPSA) is 90.3 Å². The summed E-state index contributed by atoms with van der Waals surface area (Å²) in [5, 5.41) is 8.58. The van der Waals surface area contributed by atoms with Crippen molar-refractivity contribution in [1.29, 1.82) is 5.26 Å². The molecule has 136 valence electrons. The number of carbonyl (C=O) groups is 1. The van der Waals surface area contributed by atoms with Gasteiger partial charge in [0, 0.05) is 19.1 Å². The van der Waals surface area contributed by atoms with Gasteiger partial charge in [-0.05, 0) is 36.0 Å². The van der Waals surface area contributed by atoms with Gasteiger partial charge in [0.15, 0.2) is 0 Å². The van der Waals surface area contributed by atoms with Gasteiger partial charge in [0.25, 0.3) is 0 Å². The van der Waals surface area contributed by atoms with Gasteiger partial charge in [0.1, 0.15) is 6.42 Å². The van der Waals surface area contributed by atoms with Crippen molar-refractivity contribution in [3.05, 3.63) is 29.8 Å². The standard InChI is InChI=1S/C18H25N3O3S/c1-18(2,3)14-4-6-16(7-5-14)25(23,24)20-15-9-12-21(13-10-15)17(22)8-11-19/h4-7,15,20H,8-10,12-13H2,1-3H3. The van der Waals surface area contributed by atoms with Gasteiger partial charge in [0.2, 0.25) is 15.9 Å². The first-order chi connectivity index (χ1) is 11.6. The number of sulfonamides is 1. The van der Waals surface area contributed by atoms with E-state index in [-0.39, 0.29) is 28.7 Å². The Balaban J connectivity index is 1.98. The lowest BCUT2D eigenvalue weighted by Gasteiger charge is -2.31. The maximum absolute atomic E-state index is 12.5. The molecule has 1 saturated heterocycles. The molecular formula is C18H25N3O3S. The molecule has 0 aliphatic carbocycles. The minimum atomic E-state index is -3.58. The van der Waals surface area contributed by atoms with Gasteiger partial charge in [-0.15, -0.1) is 0 Å². The highest BCUT2D eigenvalue weighted by Crippen LogP contribution is 2.24. The first-order valence-electron chi connectivity index (χ1n) is 8.41. The molecule has 1 aliphatic rings. The zero-order valence-corrected chi connectivity index (χ0v) is 15.8. The van der Waals surface area contributed by atoms with Gasteiger partial charge in [-0.25, -0.2) is 13.1 Å². The van der Waals surface area contributed by atoms with Crippen molar-refractivity contribution in [3.63, 3.8) is 0 Å². The number of hydrogen-bond acceptors (Lipinski definition) is 4. The third-order valence-electron chi connectivity index (χ3n) is 4.43. The highest BCUT2D eigenvalue weighted by molar-refractivity contribution is 7.89. The smallest absolute Gasteiger partial charge is 0.240 e. The molecule has 7 heteroatoms. The molecule has 1 N–H and O–H groups in total. The molecule has 0 unspecified atom stereocenters. The molecule has 1 heterocycles. The minimum Gasteiger partial charge on any atom is -0.342 e. The predicted molar refractivity (Wildman–Crippen MR) is 95.3 cm³/mol. The lowest BCUT2D eigenvalue weighted by atomic mass is 9.87. The number of likely N-dealkylation sites (tertiary alicyclic amines) is 1. The minimum absolute atomic E-state index is 0.0293.